The van der Waals surface area contributed by atoms with Crippen molar-refractivity contribution in [2.75, 3.05) is 0 Å². The fourth-order valence-corrected chi connectivity index (χ4v) is 2.98. The first kappa shape index (κ1) is 17.9. The van der Waals surface area contributed by atoms with E-state index in [2.05, 4.69) is 6.08 Å². The van der Waals surface area contributed by atoms with E-state index in [0.717, 1.165) is 18.4 Å². The Morgan fingerprint density at radius 3 is 2.38 bits per heavy atom. The number of hydrogen-bond acceptors (Lipinski definition) is 3. The molecule has 1 aliphatic heterocycles. The lowest BCUT2D eigenvalue weighted by atomic mass is 10.0. The lowest BCUT2D eigenvalue weighted by molar-refractivity contribution is -0.114. The molecule has 1 aliphatic rings. The second-order valence-corrected chi connectivity index (χ2v) is 6.29. The van der Waals surface area contributed by atoms with E-state index in [1.807, 2.05) is 54.6 Å². The topological polar surface area (TPSA) is 43.4 Å². The van der Waals surface area contributed by atoms with Crippen molar-refractivity contribution >= 4 is 11.8 Å². The summed E-state index contributed by atoms with van der Waals surface area (Å²) >= 11 is 0. The van der Waals surface area contributed by atoms with Gasteiger partial charge in [-0.2, -0.15) is 0 Å². The zero-order valence-electron chi connectivity index (χ0n) is 14.6. The summed E-state index contributed by atoms with van der Waals surface area (Å²) in [4.78, 5) is 24.9. The Bertz CT molecular complexity index is 818. The average Bonchev–Trinajstić information content (AvgIpc) is 2.66. The maximum atomic E-state index is 12.8. The van der Waals surface area contributed by atoms with E-state index in [0.29, 0.717) is 17.5 Å². The van der Waals surface area contributed by atoms with Crippen LogP contribution in [0, 0.1) is 0 Å². The van der Waals surface area contributed by atoms with Crippen LogP contribution in [-0.2, 0) is 16.0 Å². The molecule has 2 aromatic carbocycles. The number of esters is 1. The van der Waals surface area contributed by atoms with Crippen molar-refractivity contribution in [2.45, 2.75) is 31.8 Å². The predicted octanol–water partition coefficient (Wildman–Crippen LogP) is 4.99. The van der Waals surface area contributed by atoms with Gasteiger partial charge >= 0.3 is 5.97 Å². The van der Waals surface area contributed by atoms with Gasteiger partial charge in [0.1, 0.15) is 6.10 Å². The number of fused-ring (bicyclic) bond motifs is 1. The van der Waals surface area contributed by atoms with Gasteiger partial charge in [0.2, 0.25) is 0 Å². The van der Waals surface area contributed by atoms with Gasteiger partial charge in [0.15, 0.2) is 5.78 Å². The number of rotatable bonds is 1. The summed E-state index contributed by atoms with van der Waals surface area (Å²) in [5.41, 5.74) is 2.12. The zero-order chi connectivity index (χ0) is 18.2. The van der Waals surface area contributed by atoms with E-state index in [1.54, 1.807) is 18.2 Å². The third kappa shape index (κ3) is 4.79. The van der Waals surface area contributed by atoms with E-state index in [-0.39, 0.29) is 18.3 Å². The van der Waals surface area contributed by atoms with Crippen LogP contribution in [0.4, 0.5) is 0 Å². The molecule has 0 aliphatic carbocycles. The largest absolute Gasteiger partial charge is 0.454 e. The maximum Gasteiger partial charge on any atom is 0.339 e. The summed E-state index contributed by atoms with van der Waals surface area (Å²) in [6, 6.07) is 16.9. The van der Waals surface area contributed by atoms with Crippen LogP contribution in [0.1, 0.15) is 46.9 Å². The number of ketones is 1. The van der Waals surface area contributed by atoms with Crippen molar-refractivity contribution in [1.29, 1.82) is 0 Å². The smallest absolute Gasteiger partial charge is 0.339 e. The van der Waals surface area contributed by atoms with Crippen LogP contribution < -0.4 is 0 Å². The zero-order valence-corrected chi connectivity index (χ0v) is 14.6. The van der Waals surface area contributed by atoms with E-state index < -0.39 is 5.97 Å². The molecule has 0 N–H and O–H groups in total. The van der Waals surface area contributed by atoms with Crippen LogP contribution in [0.5, 0.6) is 0 Å². The maximum absolute atomic E-state index is 12.8. The molecule has 0 radical (unpaired) electrons. The number of allylic oxidation sites excluding steroid dienone is 3. The van der Waals surface area contributed by atoms with E-state index in [4.69, 9.17) is 4.74 Å². The lowest BCUT2D eigenvalue weighted by Gasteiger charge is -2.18. The van der Waals surface area contributed by atoms with Gasteiger partial charge in [-0.05, 0) is 36.1 Å². The average molecular weight is 346 g/mol. The van der Waals surface area contributed by atoms with Gasteiger partial charge in [-0.3, -0.25) is 4.79 Å². The third-order valence-electron chi connectivity index (χ3n) is 4.34. The summed E-state index contributed by atoms with van der Waals surface area (Å²) < 4.78 is 5.82. The van der Waals surface area contributed by atoms with Gasteiger partial charge in [-0.25, -0.2) is 4.79 Å². The molecule has 0 fully saturated rings. The molecule has 0 spiro atoms. The second kappa shape index (κ2) is 8.95. The van der Waals surface area contributed by atoms with Gasteiger partial charge in [0.05, 0.1) is 5.56 Å². The van der Waals surface area contributed by atoms with Crippen LogP contribution >= 0.6 is 0 Å². The third-order valence-corrected chi connectivity index (χ3v) is 4.34. The summed E-state index contributed by atoms with van der Waals surface area (Å²) in [5.74, 6) is -0.400. The minimum Gasteiger partial charge on any atom is -0.454 e. The van der Waals surface area contributed by atoms with Gasteiger partial charge in [-0.15, -0.1) is 0 Å². The van der Waals surface area contributed by atoms with Crippen molar-refractivity contribution in [3.05, 3.63) is 95.6 Å². The predicted molar refractivity (Wildman–Crippen MR) is 102 cm³/mol. The van der Waals surface area contributed by atoms with Crippen LogP contribution in [-0.4, -0.2) is 11.8 Å². The Morgan fingerprint density at radius 1 is 0.808 bits per heavy atom. The van der Waals surface area contributed by atoms with Crippen LogP contribution in [0.15, 0.2) is 78.9 Å². The Balaban J connectivity index is 1.93. The molecule has 0 aromatic heterocycles. The molecule has 0 saturated carbocycles. The summed E-state index contributed by atoms with van der Waals surface area (Å²) in [6.07, 6.45) is 9.77. The quantitative estimate of drug-likeness (QED) is 0.539. The fourth-order valence-electron chi connectivity index (χ4n) is 2.98. The molecule has 3 rings (SSSR count). The number of cyclic esters (lactones) is 1. The van der Waals surface area contributed by atoms with Crippen LogP contribution in [0.3, 0.4) is 0 Å². The highest BCUT2D eigenvalue weighted by Crippen LogP contribution is 2.24. The number of carbonyl (C=O) groups is 2. The first-order valence-corrected chi connectivity index (χ1v) is 8.92. The Kier molecular flexibility index (Phi) is 6.15. The summed E-state index contributed by atoms with van der Waals surface area (Å²) in [6.45, 7) is 0. The van der Waals surface area contributed by atoms with E-state index in [1.165, 1.54) is 0 Å². The molecule has 3 heteroatoms. The molecule has 3 nitrogen and oxygen atoms in total. The van der Waals surface area contributed by atoms with Crippen molar-refractivity contribution in [3.8, 4) is 0 Å². The van der Waals surface area contributed by atoms with Gasteiger partial charge in [-0.1, -0.05) is 66.8 Å². The normalized spacial score (nSPS) is 21.2. The van der Waals surface area contributed by atoms with E-state index >= 15 is 0 Å². The van der Waals surface area contributed by atoms with Crippen LogP contribution in [0.25, 0.3) is 0 Å². The second-order valence-electron chi connectivity index (χ2n) is 6.29. The van der Waals surface area contributed by atoms with Gasteiger partial charge in [0, 0.05) is 12.8 Å². The molecule has 132 valence electrons. The van der Waals surface area contributed by atoms with Crippen molar-refractivity contribution < 1.29 is 14.3 Å². The molecular formula is C23H22O3. The number of ether oxygens (including phenoxy) is 1. The minimum atomic E-state index is -0.392. The minimum absolute atomic E-state index is 0.00843. The highest BCUT2D eigenvalue weighted by atomic mass is 16.5. The Morgan fingerprint density at radius 2 is 1.54 bits per heavy atom. The van der Waals surface area contributed by atoms with Crippen molar-refractivity contribution in [3.63, 3.8) is 0 Å². The van der Waals surface area contributed by atoms with Crippen LogP contribution in [0.2, 0.25) is 0 Å². The standard InChI is InChI=1S/C23H22O3/c24-20-14-7-2-1-3-8-16-22(18-11-5-4-6-12-18)26-23(25)21-15-10-9-13-19(21)17-20/h3-15,22H,1-2,16-17H2/b8-3+,14-7+. The van der Waals surface area contributed by atoms with Crippen molar-refractivity contribution in [1.82, 2.24) is 0 Å². The number of carbonyl (C=O) groups excluding carboxylic acids is 2. The van der Waals surface area contributed by atoms with Gasteiger partial charge < -0.3 is 4.74 Å². The number of benzene rings is 2. The van der Waals surface area contributed by atoms with Gasteiger partial charge in [0.25, 0.3) is 0 Å². The highest BCUT2D eigenvalue weighted by Gasteiger charge is 2.20. The SMILES string of the molecule is O=C1/C=C/CC/C=C/CC(c2ccccc2)OC(=O)c2ccccc2C1. The summed E-state index contributed by atoms with van der Waals surface area (Å²) in [5, 5.41) is 0. The molecule has 2 aromatic rings. The molecule has 0 amide bonds. The first-order valence-electron chi connectivity index (χ1n) is 8.92. The molecule has 1 unspecified atom stereocenters. The van der Waals surface area contributed by atoms with Crippen molar-refractivity contribution in [2.24, 2.45) is 0 Å². The lowest BCUT2D eigenvalue weighted by Crippen LogP contribution is -2.14. The fraction of sp³-hybridized carbons (Fsp3) is 0.217. The molecule has 0 saturated heterocycles. The number of hydrogen-bond donors (Lipinski definition) is 0. The molecule has 26 heavy (non-hydrogen) atoms. The monoisotopic (exact) mass is 346 g/mol. The highest BCUT2D eigenvalue weighted by molar-refractivity contribution is 5.96. The van der Waals surface area contributed by atoms with E-state index in [9.17, 15) is 9.59 Å². The Labute approximate surface area is 154 Å². The summed E-state index contributed by atoms with van der Waals surface area (Å²) in [7, 11) is 0. The molecule has 0 bridgehead atoms. The molecule has 1 heterocycles. The molecule has 1 atom stereocenters. The Hall–Kier alpha value is -2.94. The molecular weight excluding hydrogens is 324 g/mol. The first-order chi connectivity index (χ1) is 12.7.